The molecule has 0 unspecified atom stereocenters. The van der Waals surface area contributed by atoms with Crippen LogP contribution in [0.2, 0.25) is 5.02 Å². The number of benzene rings is 3. The van der Waals surface area contributed by atoms with E-state index in [1.807, 2.05) is 19.1 Å². The standard InChI is InChI=1S/C28H26ClIN4O6S/c1-17-14-20(30)11-13-23(17)31-25(35)16-40-28(37)19-10-12-22(29)24(15-19)41(38,39)33(4)26-18(2)32(3)34(27(26)36)21-8-6-5-7-9-21/h5-15H,16H2,1-4H3,(H,31,35). The second kappa shape index (κ2) is 12.1. The number of ether oxygens (including phenoxy) is 1. The number of halogens is 2. The van der Waals surface area contributed by atoms with Gasteiger partial charge in [0.15, 0.2) is 6.61 Å². The molecule has 0 saturated carbocycles. The predicted molar refractivity (Wildman–Crippen MR) is 166 cm³/mol. The van der Waals surface area contributed by atoms with E-state index >= 15 is 0 Å². The second-order valence-corrected chi connectivity index (χ2v) is 12.7. The molecule has 0 saturated heterocycles. The van der Waals surface area contributed by atoms with Crippen molar-refractivity contribution >= 4 is 67.5 Å². The van der Waals surface area contributed by atoms with Crippen LogP contribution in [0.15, 0.2) is 76.4 Å². The van der Waals surface area contributed by atoms with Gasteiger partial charge in [-0.25, -0.2) is 17.9 Å². The number of anilines is 2. The highest BCUT2D eigenvalue weighted by molar-refractivity contribution is 14.1. The van der Waals surface area contributed by atoms with Gasteiger partial charge >= 0.3 is 5.97 Å². The summed E-state index contributed by atoms with van der Waals surface area (Å²) in [6.45, 7) is 2.88. The minimum atomic E-state index is -4.40. The molecule has 10 nitrogen and oxygen atoms in total. The summed E-state index contributed by atoms with van der Waals surface area (Å²) in [5.74, 6) is -1.48. The summed E-state index contributed by atoms with van der Waals surface area (Å²) < 4.78 is 37.2. The third kappa shape index (κ3) is 6.19. The van der Waals surface area contributed by atoms with Gasteiger partial charge < -0.3 is 10.1 Å². The van der Waals surface area contributed by atoms with E-state index in [9.17, 15) is 22.8 Å². The summed E-state index contributed by atoms with van der Waals surface area (Å²) in [5.41, 5.74) is 1.61. The second-order valence-electron chi connectivity index (χ2n) is 9.11. The van der Waals surface area contributed by atoms with E-state index in [1.54, 1.807) is 55.1 Å². The lowest BCUT2D eigenvalue weighted by molar-refractivity contribution is -0.119. The molecule has 4 rings (SSSR count). The zero-order valence-electron chi connectivity index (χ0n) is 22.5. The largest absolute Gasteiger partial charge is 0.452 e. The lowest BCUT2D eigenvalue weighted by atomic mass is 10.2. The van der Waals surface area contributed by atoms with Gasteiger partial charge in [0.25, 0.3) is 21.5 Å². The van der Waals surface area contributed by atoms with E-state index in [0.29, 0.717) is 17.1 Å². The van der Waals surface area contributed by atoms with Crippen molar-refractivity contribution < 1.29 is 22.7 Å². The topological polar surface area (TPSA) is 120 Å². The molecule has 1 aromatic heterocycles. The van der Waals surface area contributed by atoms with Crippen molar-refractivity contribution in [2.24, 2.45) is 7.05 Å². The van der Waals surface area contributed by atoms with E-state index in [2.05, 4.69) is 27.9 Å². The van der Waals surface area contributed by atoms with Gasteiger partial charge in [-0.2, -0.15) is 0 Å². The highest BCUT2D eigenvalue weighted by atomic mass is 127. The van der Waals surface area contributed by atoms with Crippen molar-refractivity contribution in [3.63, 3.8) is 0 Å². The summed E-state index contributed by atoms with van der Waals surface area (Å²) >= 11 is 8.42. The number of aromatic nitrogens is 2. The maximum absolute atomic E-state index is 13.7. The molecular formula is C28H26ClIN4O6S. The molecule has 0 aliphatic heterocycles. The molecule has 0 aliphatic carbocycles. The zero-order valence-corrected chi connectivity index (χ0v) is 26.2. The Morgan fingerprint density at radius 1 is 1.05 bits per heavy atom. The van der Waals surface area contributed by atoms with E-state index < -0.39 is 39.0 Å². The molecule has 0 spiro atoms. The third-order valence-electron chi connectivity index (χ3n) is 6.44. The van der Waals surface area contributed by atoms with Crippen molar-refractivity contribution in [3.8, 4) is 5.69 Å². The van der Waals surface area contributed by atoms with Gasteiger partial charge in [0.05, 0.1) is 22.0 Å². The van der Waals surface area contributed by atoms with Gasteiger partial charge in [0.2, 0.25) is 0 Å². The van der Waals surface area contributed by atoms with Gasteiger partial charge in [-0.15, -0.1) is 0 Å². The number of carbonyl (C=O) groups excluding carboxylic acids is 2. The van der Waals surface area contributed by atoms with E-state index in [0.717, 1.165) is 19.5 Å². The Balaban J connectivity index is 1.57. The number of amides is 1. The summed E-state index contributed by atoms with van der Waals surface area (Å²) in [5, 5.41) is 2.52. The molecule has 214 valence electrons. The molecule has 0 radical (unpaired) electrons. The molecule has 1 amide bonds. The number of hydrogen-bond donors (Lipinski definition) is 1. The van der Waals surface area contributed by atoms with Crippen molar-refractivity contribution in [3.05, 3.63) is 102 Å². The minimum absolute atomic E-state index is 0.0806. The number of esters is 1. The van der Waals surface area contributed by atoms with Crippen LogP contribution in [0.25, 0.3) is 5.69 Å². The van der Waals surface area contributed by atoms with Crippen LogP contribution in [0, 0.1) is 17.4 Å². The van der Waals surface area contributed by atoms with Gasteiger partial charge in [-0.1, -0.05) is 29.8 Å². The van der Waals surface area contributed by atoms with Crippen LogP contribution in [-0.4, -0.2) is 43.3 Å². The number of carbonyl (C=O) groups is 2. The Morgan fingerprint density at radius 3 is 2.39 bits per heavy atom. The first-order valence-electron chi connectivity index (χ1n) is 12.2. The molecule has 0 aliphatic rings. The molecule has 0 fully saturated rings. The molecule has 0 bridgehead atoms. The van der Waals surface area contributed by atoms with Gasteiger partial charge in [0, 0.05) is 23.4 Å². The van der Waals surface area contributed by atoms with Gasteiger partial charge in [-0.3, -0.25) is 18.6 Å². The lowest BCUT2D eigenvalue weighted by Crippen LogP contribution is -2.32. The fraction of sp³-hybridized carbons (Fsp3) is 0.179. The summed E-state index contributed by atoms with van der Waals surface area (Å²) in [7, 11) is -1.51. The molecule has 4 aromatic rings. The van der Waals surface area contributed by atoms with E-state index in [1.165, 1.54) is 23.9 Å². The number of aryl methyl sites for hydroxylation is 1. The third-order valence-corrected chi connectivity index (χ3v) is 9.35. The minimum Gasteiger partial charge on any atom is -0.452 e. The summed E-state index contributed by atoms with van der Waals surface area (Å²) in [6, 6.07) is 17.9. The Morgan fingerprint density at radius 2 is 1.73 bits per heavy atom. The summed E-state index contributed by atoms with van der Waals surface area (Å²) in [4.78, 5) is 38.1. The Hall–Kier alpha value is -3.62. The molecule has 1 N–H and O–H groups in total. The highest BCUT2D eigenvalue weighted by Crippen LogP contribution is 2.29. The van der Waals surface area contributed by atoms with E-state index in [-0.39, 0.29) is 16.3 Å². The van der Waals surface area contributed by atoms with Crippen LogP contribution in [0.4, 0.5) is 11.4 Å². The van der Waals surface area contributed by atoms with Crippen LogP contribution in [0.3, 0.4) is 0 Å². The molecular weight excluding hydrogens is 683 g/mol. The lowest BCUT2D eigenvalue weighted by Gasteiger charge is -2.19. The number of hydrogen-bond acceptors (Lipinski definition) is 6. The average Bonchev–Trinajstić information content (AvgIpc) is 3.16. The van der Waals surface area contributed by atoms with Crippen molar-refractivity contribution in [2.45, 2.75) is 18.7 Å². The first-order chi connectivity index (χ1) is 19.3. The number of rotatable bonds is 8. The SMILES string of the molecule is Cc1cc(I)ccc1NC(=O)COC(=O)c1ccc(Cl)c(S(=O)(=O)N(C)c2c(C)n(C)n(-c3ccccc3)c2=O)c1. The number of nitrogens with one attached hydrogen (secondary N) is 1. The molecule has 3 aromatic carbocycles. The average molecular weight is 709 g/mol. The Kier molecular flexibility index (Phi) is 8.94. The number of nitrogens with zero attached hydrogens (tertiary/aromatic N) is 3. The smallest absolute Gasteiger partial charge is 0.338 e. The maximum atomic E-state index is 13.7. The molecule has 41 heavy (non-hydrogen) atoms. The van der Waals surface area contributed by atoms with Crippen LogP contribution >= 0.6 is 34.2 Å². The van der Waals surface area contributed by atoms with Crippen LogP contribution in [0.5, 0.6) is 0 Å². The molecule has 0 atom stereocenters. The van der Waals surface area contributed by atoms with E-state index in [4.69, 9.17) is 16.3 Å². The van der Waals surface area contributed by atoms with Gasteiger partial charge in [-0.05, 0) is 90.5 Å². The van der Waals surface area contributed by atoms with Gasteiger partial charge in [0.1, 0.15) is 10.6 Å². The Labute approximate surface area is 255 Å². The first kappa shape index (κ1) is 30.3. The van der Waals surface area contributed by atoms with Crippen molar-refractivity contribution in [1.82, 2.24) is 9.36 Å². The molecule has 13 heteroatoms. The summed E-state index contributed by atoms with van der Waals surface area (Å²) in [6.07, 6.45) is 0. The normalized spacial score (nSPS) is 11.3. The van der Waals surface area contributed by atoms with Crippen molar-refractivity contribution in [1.29, 1.82) is 0 Å². The fourth-order valence-electron chi connectivity index (χ4n) is 4.18. The Bertz CT molecular complexity index is 1820. The monoisotopic (exact) mass is 708 g/mol. The van der Waals surface area contributed by atoms with Crippen LogP contribution in [0.1, 0.15) is 21.6 Å². The first-order valence-corrected chi connectivity index (χ1v) is 15.1. The maximum Gasteiger partial charge on any atom is 0.338 e. The predicted octanol–water partition coefficient (Wildman–Crippen LogP) is 4.67. The number of sulfonamides is 1. The number of para-hydroxylation sites is 1. The fourth-order valence-corrected chi connectivity index (χ4v) is 6.57. The van der Waals surface area contributed by atoms with Crippen LogP contribution in [-0.2, 0) is 26.6 Å². The molecule has 1 heterocycles. The quantitative estimate of drug-likeness (QED) is 0.210. The zero-order chi connectivity index (χ0) is 30.1. The van der Waals surface area contributed by atoms with Crippen LogP contribution < -0.4 is 15.2 Å². The van der Waals surface area contributed by atoms with Crippen molar-refractivity contribution in [2.75, 3.05) is 23.3 Å². The highest BCUT2D eigenvalue weighted by Gasteiger charge is 2.31.